The number of hydrogen-bond donors (Lipinski definition) is 1. The van der Waals surface area contributed by atoms with Gasteiger partial charge in [0.2, 0.25) is 0 Å². The molecule has 16 heavy (non-hydrogen) atoms. The Bertz CT molecular complexity index is 365. The van der Waals surface area contributed by atoms with E-state index < -0.39 is 0 Å². The second-order valence-corrected chi connectivity index (χ2v) is 6.58. The lowest BCUT2D eigenvalue weighted by Crippen LogP contribution is -2.27. The molecule has 1 aliphatic heterocycles. The summed E-state index contributed by atoms with van der Waals surface area (Å²) < 4.78 is 0.385. The van der Waals surface area contributed by atoms with E-state index in [0.29, 0.717) is 4.75 Å². The minimum Gasteiger partial charge on any atom is -0.396 e. The Kier molecular flexibility index (Phi) is 3.28. The van der Waals surface area contributed by atoms with Crippen molar-refractivity contribution in [1.82, 2.24) is 4.98 Å². The summed E-state index contributed by atoms with van der Waals surface area (Å²) in [6.45, 7) is 6.78. The Hall–Kier alpha value is -0.900. The van der Waals surface area contributed by atoms with Crippen LogP contribution in [0.2, 0.25) is 0 Å². The zero-order valence-corrected chi connectivity index (χ0v) is 10.8. The van der Waals surface area contributed by atoms with Crippen molar-refractivity contribution in [3.8, 4) is 0 Å². The number of nitrogen functional groups attached to an aromatic ring is 1. The van der Waals surface area contributed by atoms with E-state index >= 15 is 0 Å². The number of anilines is 2. The van der Waals surface area contributed by atoms with E-state index in [1.54, 1.807) is 6.20 Å². The summed E-state index contributed by atoms with van der Waals surface area (Å²) in [4.78, 5) is 6.41. The Labute approximate surface area is 101 Å². The van der Waals surface area contributed by atoms with Crippen LogP contribution < -0.4 is 10.6 Å². The highest BCUT2D eigenvalue weighted by Crippen LogP contribution is 2.33. The molecule has 2 N–H and O–H groups in total. The molecule has 0 aliphatic carbocycles. The number of hydrogen-bond acceptors (Lipinski definition) is 4. The van der Waals surface area contributed by atoms with E-state index in [2.05, 4.69) is 23.7 Å². The molecule has 0 aromatic carbocycles. The lowest BCUT2D eigenvalue weighted by Gasteiger charge is -2.25. The monoisotopic (exact) mass is 237 g/mol. The highest BCUT2D eigenvalue weighted by atomic mass is 32.2. The summed E-state index contributed by atoms with van der Waals surface area (Å²) >= 11 is 2.05. The Morgan fingerprint density at radius 3 is 3.00 bits per heavy atom. The summed E-state index contributed by atoms with van der Waals surface area (Å²) in [5.41, 5.74) is 7.88. The van der Waals surface area contributed by atoms with Gasteiger partial charge in [0.15, 0.2) is 0 Å². The van der Waals surface area contributed by atoms with Crippen molar-refractivity contribution in [1.29, 1.82) is 0 Å². The van der Waals surface area contributed by atoms with Gasteiger partial charge in [-0.1, -0.05) is 13.8 Å². The predicted molar refractivity (Wildman–Crippen MR) is 72.0 cm³/mol. The van der Waals surface area contributed by atoms with Crippen molar-refractivity contribution in [2.45, 2.75) is 25.0 Å². The lowest BCUT2D eigenvalue weighted by atomic mass is 10.1. The maximum Gasteiger partial charge on any atom is 0.0738 e. The van der Waals surface area contributed by atoms with Crippen LogP contribution in [0.3, 0.4) is 0 Å². The maximum atomic E-state index is 5.96. The molecule has 1 aliphatic rings. The molecular formula is C12H19N3S. The number of nitrogens with two attached hydrogens (primary N) is 1. The van der Waals surface area contributed by atoms with Gasteiger partial charge >= 0.3 is 0 Å². The third kappa shape index (κ3) is 2.61. The van der Waals surface area contributed by atoms with Gasteiger partial charge < -0.3 is 10.6 Å². The SMILES string of the molecule is CC1(C)CCN(c2ccncc2N)CCS1. The molecule has 1 saturated heterocycles. The van der Waals surface area contributed by atoms with Crippen LogP contribution in [0.5, 0.6) is 0 Å². The molecule has 0 amide bonds. The van der Waals surface area contributed by atoms with Crippen LogP contribution in [-0.4, -0.2) is 28.6 Å². The highest BCUT2D eigenvalue weighted by Gasteiger charge is 2.24. The largest absolute Gasteiger partial charge is 0.396 e. The Balaban J connectivity index is 2.14. The van der Waals surface area contributed by atoms with Gasteiger partial charge in [0.1, 0.15) is 0 Å². The van der Waals surface area contributed by atoms with Crippen LogP contribution in [0.25, 0.3) is 0 Å². The van der Waals surface area contributed by atoms with Crippen LogP contribution in [0.1, 0.15) is 20.3 Å². The third-order valence-electron chi connectivity index (χ3n) is 3.01. The van der Waals surface area contributed by atoms with Gasteiger partial charge in [0.25, 0.3) is 0 Å². The van der Waals surface area contributed by atoms with Crippen LogP contribution in [0, 0.1) is 0 Å². The summed E-state index contributed by atoms with van der Waals surface area (Å²) in [5.74, 6) is 1.16. The van der Waals surface area contributed by atoms with Crippen molar-refractivity contribution >= 4 is 23.1 Å². The summed E-state index contributed by atoms with van der Waals surface area (Å²) in [6, 6.07) is 2.01. The fourth-order valence-electron chi connectivity index (χ4n) is 1.95. The van der Waals surface area contributed by atoms with Crippen molar-refractivity contribution in [2.24, 2.45) is 0 Å². The lowest BCUT2D eigenvalue weighted by molar-refractivity contribution is 0.638. The number of aromatic nitrogens is 1. The molecule has 2 rings (SSSR count). The average Bonchev–Trinajstić information content (AvgIpc) is 2.40. The van der Waals surface area contributed by atoms with Gasteiger partial charge in [-0.25, -0.2) is 0 Å². The molecule has 0 radical (unpaired) electrons. The number of pyridine rings is 1. The number of thioether (sulfide) groups is 1. The zero-order valence-electron chi connectivity index (χ0n) is 9.94. The smallest absolute Gasteiger partial charge is 0.0738 e. The fourth-order valence-corrected chi connectivity index (χ4v) is 3.05. The predicted octanol–water partition coefficient (Wildman–Crippen LogP) is 2.39. The normalized spacial score (nSPS) is 20.5. The van der Waals surface area contributed by atoms with Gasteiger partial charge in [-0.2, -0.15) is 11.8 Å². The standard InChI is InChI=1S/C12H19N3S/c1-12(2)4-6-15(7-8-16-12)11-3-5-14-9-10(11)13/h3,5,9H,4,6-8,13H2,1-2H3. The van der Waals surface area contributed by atoms with Gasteiger partial charge in [-0.05, 0) is 12.5 Å². The molecule has 0 unspecified atom stereocenters. The van der Waals surface area contributed by atoms with Crippen LogP contribution >= 0.6 is 11.8 Å². The van der Waals surface area contributed by atoms with Crippen molar-refractivity contribution < 1.29 is 0 Å². The van der Waals surface area contributed by atoms with E-state index in [1.165, 1.54) is 6.42 Å². The van der Waals surface area contributed by atoms with Gasteiger partial charge in [-0.15, -0.1) is 0 Å². The van der Waals surface area contributed by atoms with E-state index in [0.717, 1.165) is 30.2 Å². The Morgan fingerprint density at radius 1 is 1.44 bits per heavy atom. The van der Waals surface area contributed by atoms with E-state index in [4.69, 9.17) is 5.73 Å². The van der Waals surface area contributed by atoms with Gasteiger partial charge in [-0.3, -0.25) is 4.98 Å². The molecule has 4 heteroatoms. The van der Waals surface area contributed by atoms with Crippen LogP contribution in [-0.2, 0) is 0 Å². The molecule has 0 atom stereocenters. The molecule has 1 aromatic heterocycles. The topological polar surface area (TPSA) is 42.2 Å². The first-order valence-corrected chi connectivity index (χ1v) is 6.65. The summed E-state index contributed by atoms with van der Waals surface area (Å²) in [7, 11) is 0. The van der Waals surface area contributed by atoms with E-state index in [1.807, 2.05) is 24.0 Å². The van der Waals surface area contributed by atoms with E-state index in [9.17, 15) is 0 Å². The van der Waals surface area contributed by atoms with Crippen LogP contribution in [0.15, 0.2) is 18.5 Å². The summed E-state index contributed by atoms with van der Waals surface area (Å²) in [5, 5.41) is 0. The first kappa shape index (κ1) is 11.6. The molecule has 1 aromatic rings. The zero-order chi connectivity index (χ0) is 11.6. The molecular weight excluding hydrogens is 218 g/mol. The highest BCUT2D eigenvalue weighted by molar-refractivity contribution is 8.00. The molecule has 3 nitrogen and oxygen atoms in total. The van der Waals surface area contributed by atoms with Crippen molar-refractivity contribution in [3.05, 3.63) is 18.5 Å². The average molecular weight is 237 g/mol. The van der Waals surface area contributed by atoms with Crippen molar-refractivity contribution in [3.63, 3.8) is 0 Å². The van der Waals surface area contributed by atoms with Gasteiger partial charge in [0, 0.05) is 29.8 Å². The molecule has 0 saturated carbocycles. The maximum absolute atomic E-state index is 5.96. The van der Waals surface area contributed by atoms with Crippen LogP contribution in [0.4, 0.5) is 11.4 Å². The third-order valence-corrected chi connectivity index (χ3v) is 4.38. The number of rotatable bonds is 1. The van der Waals surface area contributed by atoms with Crippen molar-refractivity contribution in [2.75, 3.05) is 29.5 Å². The molecule has 88 valence electrons. The van der Waals surface area contributed by atoms with Gasteiger partial charge in [0.05, 0.1) is 17.6 Å². The Morgan fingerprint density at radius 2 is 2.25 bits per heavy atom. The molecule has 2 heterocycles. The second-order valence-electron chi connectivity index (χ2n) is 4.78. The quantitative estimate of drug-likeness (QED) is 0.814. The number of nitrogens with zero attached hydrogens (tertiary/aromatic N) is 2. The minimum atomic E-state index is 0.385. The second kappa shape index (κ2) is 4.53. The fraction of sp³-hybridized carbons (Fsp3) is 0.583. The first-order chi connectivity index (χ1) is 7.58. The molecule has 0 spiro atoms. The molecule has 0 bridgehead atoms. The van der Waals surface area contributed by atoms with E-state index in [-0.39, 0.29) is 0 Å². The molecule has 1 fully saturated rings. The first-order valence-electron chi connectivity index (χ1n) is 5.67. The minimum absolute atomic E-state index is 0.385. The summed E-state index contributed by atoms with van der Waals surface area (Å²) in [6.07, 6.45) is 4.74.